The highest BCUT2D eigenvalue weighted by atomic mass is 35.5. The van der Waals surface area contributed by atoms with Crippen LogP contribution in [0.15, 0.2) is 12.3 Å². The lowest BCUT2D eigenvalue weighted by molar-refractivity contribution is 0.521. The molecule has 0 atom stereocenters. The average molecular weight is 215 g/mol. The van der Waals surface area contributed by atoms with Gasteiger partial charge in [0.05, 0.1) is 5.02 Å². The van der Waals surface area contributed by atoms with E-state index in [1.807, 2.05) is 0 Å². The minimum Gasteiger partial charge on any atom is -0.330 e. The molecule has 0 aromatic carbocycles. The Labute approximate surface area is 87.3 Å². The van der Waals surface area contributed by atoms with E-state index in [1.165, 1.54) is 6.20 Å². The summed E-state index contributed by atoms with van der Waals surface area (Å²) in [5.74, 6) is -0.402. The summed E-state index contributed by atoms with van der Waals surface area (Å²) in [5, 5.41) is 0.490. The van der Waals surface area contributed by atoms with Crippen LogP contribution >= 0.6 is 11.6 Å². The number of aromatic nitrogens is 1. The molecule has 1 saturated carbocycles. The first kappa shape index (κ1) is 9.87. The van der Waals surface area contributed by atoms with Gasteiger partial charge in [-0.1, -0.05) is 11.6 Å². The molecular weight excluding hydrogens is 203 g/mol. The zero-order valence-electron chi connectivity index (χ0n) is 7.76. The first-order valence-electron chi connectivity index (χ1n) is 4.69. The topological polar surface area (TPSA) is 38.9 Å². The van der Waals surface area contributed by atoms with Gasteiger partial charge < -0.3 is 5.73 Å². The Kier molecular flexibility index (Phi) is 2.45. The number of halogens is 2. The van der Waals surface area contributed by atoms with Crippen LogP contribution in [0.5, 0.6) is 0 Å². The van der Waals surface area contributed by atoms with Crippen LogP contribution in [-0.2, 0) is 5.41 Å². The Bertz CT molecular complexity index is 350. The summed E-state index contributed by atoms with van der Waals surface area (Å²) >= 11 is 5.79. The van der Waals surface area contributed by atoms with Gasteiger partial charge in [0.2, 0.25) is 5.95 Å². The van der Waals surface area contributed by atoms with Crippen molar-refractivity contribution in [1.29, 1.82) is 0 Å². The SMILES string of the molecule is NCCC1(c2cc(Cl)cnc2F)CC1. The lowest BCUT2D eigenvalue weighted by Gasteiger charge is -2.14. The molecular formula is C10H12ClFN2. The van der Waals surface area contributed by atoms with Crippen LogP contribution in [0.4, 0.5) is 4.39 Å². The van der Waals surface area contributed by atoms with Crippen molar-refractivity contribution >= 4 is 11.6 Å². The summed E-state index contributed by atoms with van der Waals surface area (Å²) < 4.78 is 13.4. The van der Waals surface area contributed by atoms with Crippen LogP contribution in [0.2, 0.25) is 5.02 Å². The minimum absolute atomic E-state index is 0.0727. The molecule has 0 amide bonds. The Balaban J connectivity index is 2.35. The molecule has 0 aliphatic heterocycles. The Morgan fingerprint density at radius 2 is 2.29 bits per heavy atom. The molecule has 0 spiro atoms. The van der Waals surface area contributed by atoms with E-state index in [2.05, 4.69) is 4.98 Å². The van der Waals surface area contributed by atoms with Crippen molar-refractivity contribution in [1.82, 2.24) is 4.98 Å². The number of rotatable bonds is 3. The molecule has 1 aliphatic rings. The van der Waals surface area contributed by atoms with Gasteiger partial charge >= 0.3 is 0 Å². The van der Waals surface area contributed by atoms with Gasteiger partial charge in [-0.25, -0.2) is 4.98 Å². The van der Waals surface area contributed by atoms with Crippen LogP contribution < -0.4 is 5.73 Å². The molecule has 0 saturated heterocycles. The third kappa shape index (κ3) is 1.62. The Morgan fingerprint density at radius 3 is 2.86 bits per heavy atom. The maximum absolute atomic E-state index is 13.4. The van der Waals surface area contributed by atoms with Gasteiger partial charge in [-0.3, -0.25) is 0 Å². The van der Waals surface area contributed by atoms with E-state index in [0.717, 1.165) is 19.3 Å². The molecule has 0 bridgehead atoms. The summed E-state index contributed by atoms with van der Waals surface area (Å²) in [7, 11) is 0. The van der Waals surface area contributed by atoms with Crippen molar-refractivity contribution in [2.45, 2.75) is 24.7 Å². The maximum Gasteiger partial charge on any atom is 0.216 e. The third-order valence-electron chi connectivity index (χ3n) is 2.85. The quantitative estimate of drug-likeness (QED) is 0.784. The van der Waals surface area contributed by atoms with Crippen molar-refractivity contribution in [3.63, 3.8) is 0 Å². The van der Waals surface area contributed by atoms with E-state index < -0.39 is 5.95 Å². The summed E-state index contributed by atoms with van der Waals surface area (Å²) in [6.45, 7) is 0.575. The largest absolute Gasteiger partial charge is 0.330 e. The molecule has 2 rings (SSSR count). The molecule has 76 valence electrons. The summed E-state index contributed by atoms with van der Waals surface area (Å²) in [6.07, 6.45) is 4.12. The highest BCUT2D eigenvalue weighted by Gasteiger charge is 2.45. The fourth-order valence-corrected chi connectivity index (χ4v) is 2.03. The third-order valence-corrected chi connectivity index (χ3v) is 3.06. The molecule has 4 heteroatoms. The number of pyridine rings is 1. The fourth-order valence-electron chi connectivity index (χ4n) is 1.88. The molecule has 1 heterocycles. The molecule has 0 unspecified atom stereocenters. The summed E-state index contributed by atoms with van der Waals surface area (Å²) in [4.78, 5) is 3.63. The monoisotopic (exact) mass is 214 g/mol. The molecule has 2 nitrogen and oxygen atoms in total. The van der Waals surface area contributed by atoms with Gasteiger partial charge in [0.1, 0.15) is 0 Å². The van der Waals surface area contributed by atoms with Crippen molar-refractivity contribution in [2.75, 3.05) is 6.54 Å². The first-order valence-corrected chi connectivity index (χ1v) is 5.07. The van der Waals surface area contributed by atoms with Crippen LogP contribution in [0.25, 0.3) is 0 Å². The van der Waals surface area contributed by atoms with Gasteiger partial charge in [0.15, 0.2) is 0 Å². The van der Waals surface area contributed by atoms with E-state index in [1.54, 1.807) is 6.07 Å². The summed E-state index contributed by atoms with van der Waals surface area (Å²) in [6, 6.07) is 1.67. The Hall–Kier alpha value is -0.670. The van der Waals surface area contributed by atoms with E-state index >= 15 is 0 Å². The fraction of sp³-hybridized carbons (Fsp3) is 0.500. The van der Waals surface area contributed by atoms with Crippen molar-refractivity contribution in [3.8, 4) is 0 Å². The summed E-state index contributed by atoms with van der Waals surface area (Å²) in [5.41, 5.74) is 6.07. The van der Waals surface area contributed by atoms with E-state index in [9.17, 15) is 4.39 Å². The zero-order chi connectivity index (χ0) is 10.2. The van der Waals surface area contributed by atoms with E-state index in [-0.39, 0.29) is 5.41 Å². The highest BCUT2D eigenvalue weighted by molar-refractivity contribution is 6.30. The standard InChI is InChI=1S/C10H12ClFN2/c11-7-5-8(9(12)14-6-7)10(1-2-10)3-4-13/h5-6H,1-4,13H2. The number of nitrogens with two attached hydrogens (primary N) is 1. The lowest BCUT2D eigenvalue weighted by atomic mass is 9.94. The number of nitrogens with zero attached hydrogens (tertiary/aromatic N) is 1. The normalized spacial score (nSPS) is 18.2. The molecule has 0 radical (unpaired) electrons. The number of hydrogen-bond donors (Lipinski definition) is 1. The van der Waals surface area contributed by atoms with Crippen LogP contribution in [0.3, 0.4) is 0 Å². The smallest absolute Gasteiger partial charge is 0.216 e. The van der Waals surface area contributed by atoms with Gasteiger partial charge in [0, 0.05) is 17.2 Å². The van der Waals surface area contributed by atoms with Crippen molar-refractivity contribution in [3.05, 3.63) is 28.8 Å². The molecule has 1 aromatic heterocycles. The van der Waals surface area contributed by atoms with Crippen molar-refractivity contribution in [2.24, 2.45) is 5.73 Å². The molecule has 1 aromatic rings. The minimum atomic E-state index is -0.402. The van der Waals surface area contributed by atoms with Crippen LogP contribution in [0.1, 0.15) is 24.8 Å². The van der Waals surface area contributed by atoms with E-state index in [4.69, 9.17) is 17.3 Å². The maximum atomic E-state index is 13.4. The first-order chi connectivity index (χ1) is 6.68. The van der Waals surface area contributed by atoms with Gasteiger partial charge in [-0.05, 0) is 31.9 Å². The van der Waals surface area contributed by atoms with Gasteiger partial charge in [0.25, 0.3) is 0 Å². The second kappa shape index (κ2) is 3.48. The Morgan fingerprint density at radius 1 is 1.57 bits per heavy atom. The number of hydrogen-bond acceptors (Lipinski definition) is 2. The molecule has 14 heavy (non-hydrogen) atoms. The highest BCUT2D eigenvalue weighted by Crippen LogP contribution is 2.51. The zero-order valence-corrected chi connectivity index (χ0v) is 8.52. The average Bonchev–Trinajstić information content (AvgIpc) is 2.91. The van der Waals surface area contributed by atoms with Gasteiger partial charge in [-0.2, -0.15) is 4.39 Å². The predicted octanol–water partition coefficient (Wildman–Crippen LogP) is 2.25. The predicted molar refractivity (Wildman–Crippen MR) is 53.8 cm³/mol. The van der Waals surface area contributed by atoms with Gasteiger partial charge in [-0.15, -0.1) is 0 Å². The van der Waals surface area contributed by atoms with Crippen LogP contribution in [0, 0.1) is 5.95 Å². The molecule has 1 aliphatic carbocycles. The second-order valence-electron chi connectivity index (χ2n) is 3.81. The van der Waals surface area contributed by atoms with Crippen LogP contribution in [-0.4, -0.2) is 11.5 Å². The molecule has 2 N–H and O–H groups in total. The van der Waals surface area contributed by atoms with E-state index in [0.29, 0.717) is 17.1 Å². The lowest BCUT2D eigenvalue weighted by Crippen LogP contribution is -2.15. The second-order valence-corrected chi connectivity index (χ2v) is 4.25. The molecule has 1 fully saturated rings. The van der Waals surface area contributed by atoms with Crippen molar-refractivity contribution < 1.29 is 4.39 Å².